The summed E-state index contributed by atoms with van der Waals surface area (Å²) >= 11 is 0. The van der Waals surface area contributed by atoms with Crippen molar-refractivity contribution >= 4 is 5.91 Å². The smallest absolute Gasteiger partial charge is 0.274 e. The van der Waals surface area contributed by atoms with Gasteiger partial charge < -0.3 is 15.0 Å². The summed E-state index contributed by atoms with van der Waals surface area (Å²) in [5.74, 6) is -0.392. The van der Waals surface area contributed by atoms with Crippen molar-refractivity contribution in [1.82, 2.24) is 20.2 Å². The molecule has 0 bridgehead atoms. The second-order valence-electron chi connectivity index (χ2n) is 7.64. The zero-order chi connectivity index (χ0) is 19.6. The third-order valence-electron chi connectivity index (χ3n) is 4.32. The number of amides is 1. The largest absolute Gasteiger partial charge is 0.488 e. The molecular weight excluding hydrogens is 347 g/mol. The van der Waals surface area contributed by atoms with Gasteiger partial charge in [-0.05, 0) is 45.9 Å². The van der Waals surface area contributed by atoms with Crippen molar-refractivity contribution in [2.24, 2.45) is 0 Å². The van der Waals surface area contributed by atoms with Gasteiger partial charge in [-0.15, -0.1) is 0 Å². The Labute approximate surface area is 158 Å². The van der Waals surface area contributed by atoms with Gasteiger partial charge in [-0.3, -0.25) is 9.78 Å². The van der Waals surface area contributed by atoms with Gasteiger partial charge >= 0.3 is 0 Å². The highest BCUT2D eigenvalue weighted by Gasteiger charge is 2.29. The first-order valence-electron chi connectivity index (χ1n) is 9.08. The van der Waals surface area contributed by atoms with Gasteiger partial charge in [0, 0.05) is 30.7 Å². The summed E-state index contributed by atoms with van der Waals surface area (Å²) in [7, 11) is 0. The third kappa shape index (κ3) is 4.60. The number of halogens is 1. The molecule has 1 amide bonds. The van der Waals surface area contributed by atoms with Crippen LogP contribution in [0.15, 0.2) is 30.6 Å². The van der Waals surface area contributed by atoms with Crippen molar-refractivity contribution in [2.75, 3.05) is 19.6 Å². The van der Waals surface area contributed by atoms with Crippen molar-refractivity contribution in [1.29, 1.82) is 0 Å². The zero-order valence-electron chi connectivity index (χ0n) is 16.1. The first-order valence-corrected chi connectivity index (χ1v) is 9.08. The van der Waals surface area contributed by atoms with E-state index in [9.17, 15) is 9.18 Å². The Bertz CT molecular complexity index is 821. The van der Waals surface area contributed by atoms with Gasteiger partial charge in [-0.25, -0.2) is 9.37 Å². The van der Waals surface area contributed by atoms with Gasteiger partial charge in [0.05, 0.1) is 24.2 Å². The molecule has 1 aromatic carbocycles. The lowest BCUT2D eigenvalue weighted by Crippen LogP contribution is -2.58. The first kappa shape index (κ1) is 19.2. The second-order valence-corrected chi connectivity index (χ2v) is 7.64. The van der Waals surface area contributed by atoms with Crippen LogP contribution in [0.2, 0.25) is 0 Å². The predicted octanol–water partition coefficient (Wildman–Crippen LogP) is 2.89. The first-order chi connectivity index (χ1) is 12.7. The van der Waals surface area contributed by atoms with Crippen molar-refractivity contribution < 1.29 is 13.9 Å². The number of piperazine rings is 1. The molecule has 3 rings (SSSR count). The zero-order valence-corrected chi connectivity index (χ0v) is 16.1. The number of rotatable bonds is 4. The maximum Gasteiger partial charge on any atom is 0.274 e. The highest BCUT2D eigenvalue weighted by atomic mass is 19.1. The molecule has 0 atom stereocenters. The Kier molecular flexibility index (Phi) is 5.41. The van der Waals surface area contributed by atoms with Gasteiger partial charge in [-0.2, -0.15) is 0 Å². The van der Waals surface area contributed by atoms with Crippen molar-refractivity contribution in [2.45, 2.75) is 39.3 Å². The molecule has 1 aliphatic rings. The van der Waals surface area contributed by atoms with E-state index in [4.69, 9.17) is 4.74 Å². The van der Waals surface area contributed by atoms with Crippen LogP contribution in [0.4, 0.5) is 4.39 Å². The molecule has 1 fully saturated rings. The summed E-state index contributed by atoms with van der Waals surface area (Å²) in [6.45, 7) is 9.79. The van der Waals surface area contributed by atoms with E-state index < -0.39 is 5.82 Å². The Morgan fingerprint density at radius 3 is 2.67 bits per heavy atom. The minimum absolute atomic E-state index is 0.106. The molecule has 0 saturated carbocycles. The molecule has 0 unspecified atom stereocenters. The number of carbonyl (C=O) groups excluding carboxylic acids is 1. The molecule has 0 spiro atoms. The van der Waals surface area contributed by atoms with Crippen LogP contribution in [0.3, 0.4) is 0 Å². The number of nitrogens with one attached hydrogen (secondary N) is 1. The Balaban J connectivity index is 1.75. The summed E-state index contributed by atoms with van der Waals surface area (Å²) in [4.78, 5) is 23.0. The number of hydrogen-bond donors (Lipinski definition) is 1. The molecule has 1 saturated heterocycles. The lowest BCUT2D eigenvalue weighted by molar-refractivity contribution is 0.0646. The van der Waals surface area contributed by atoms with Crippen molar-refractivity contribution in [3.8, 4) is 17.0 Å². The van der Waals surface area contributed by atoms with Crippen LogP contribution >= 0.6 is 0 Å². The highest BCUT2D eigenvalue weighted by Crippen LogP contribution is 2.25. The summed E-state index contributed by atoms with van der Waals surface area (Å²) in [6.07, 6.45) is 2.84. The lowest BCUT2D eigenvalue weighted by Gasteiger charge is -2.38. The number of carbonyl (C=O) groups is 1. The SMILES string of the molecule is CC(C)Oc1ccc(-c2cnc(C(=O)N3CCNC(C)(C)C3)cn2)cc1F. The maximum absolute atomic E-state index is 14.2. The van der Waals surface area contributed by atoms with Gasteiger partial charge in [0.2, 0.25) is 0 Å². The standard InChI is InChI=1S/C20H25FN4O2/c1-13(2)27-18-6-5-14(9-15(18)21)16-10-23-17(11-22-16)19(26)25-8-7-24-20(3,4)12-25/h5-6,9-11,13,24H,7-8,12H2,1-4H3. The minimum atomic E-state index is -0.453. The van der Waals surface area contributed by atoms with Gasteiger partial charge in [-0.1, -0.05) is 0 Å². The van der Waals surface area contributed by atoms with E-state index in [1.165, 1.54) is 18.5 Å². The van der Waals surface area contributed by atoms with Gasteiger partial charge in [0.1, 0.15) is 5.69 Å². The fraction of sp³-hybridized carbons (Fsp3) is 0.450. The Hall–Kier alpha value is -2.54. The highest BCUT2D eigenvalue weighted by molar-refractivity contribution is 5.92. The second kappa shape index (κ2) is 7.60. The predicted molar refractivity (Wildman–Crippen MR) is 101 cm³/mol. The number of ether oxygens (including phenoxy) is 1. The summed E-state index contributed by atoms with van der Waals surface area (Å²) in [5, 5.41) is 3.37. The molecule has 2 aromatic rings. The maximum atomic E-state index is 14.2. The molecule has 2 heterocycles. The number of nitrogens with zero attached hydrogens (tertiary/aromatic N) is 3. The molecule has 7 heteroatoms. The molecule has 27 heavy (non-hydrogen) atoms. The van der Waals surface area contributed by atoms with Gasteiger partial charge in [0.25, 0.3) is 5.91 Å². The van der Waals surface area contributed by atoms with E-state index in [-0.39, 0.29) is 29.0 Å². The molecule has 0 radical (unpaired) electrons. The molecule has 0 aliphatic carbocycles. The van der Waals surface area contributed by atoms with E-state index in [1.807, 2.05) is 13.8 Å². The van der Waals surface area contributed by atoms with Crippen LogP contribution in [0, 0.1) is 5.82 Å². The lowest BCUT2D eigenvalue weighted by atomic mass is 10.0. The van der Waals surface area contributed by atoms with Crippen LogP contribution in [0.25, 0.3) is 11.3 Å². The minimum Gasteiger partial charge on any atom is -0.488 e. The molecule has 1 N–H and O–H groups in total. The quantitative estimate of drug-likeness (QED) is 0.894. The van der Waals surface area contributed by atoms with E-state index in [0.717, 1.165) is 6.54 Å². The van der Waals surface area contributed by atoms with Crippen molar-refractivity contribution in [3.05, 3.63) is 42.1 Å². The summed E-state index contributed by atoms with van der Waals surface area (Å²) < 4.78 is 19.6. The van der Waals surface area contributed by atoms with Crippen LogP contribution in [-0.4, -0.2) is 52.1 Å². The van der Waals surface area contributed by atoms with E-state index in [1.54, 1.807) is 17.0 Å². The van der Waals surface area contributed by atoms with Crippen LogP contribution in [0.5, 0.6) is 5.75 Å². The fourth-order valence-corrected chi connectivity index (χ4v) is 3.07. The number of aromatic nitrogens is 2. The van der Waals surface area contributed by atoms with Crippen LogP contribution in [0.1, 0.15) is 38.2 Å². The monoisotopic (exact) mass is 372 g/mol. The third-order valence-corrected chi connectivity index (χ3v) is 4.32. The average molecular weight is 372 g/mol. The average Bonchev–Trinajstić information content (AvgIpc) is 2.62. The van der Waals surface area contributed by atoms with Gasteiger partial charge in [0.15, 0.2) is 11.6 Å². The summed E-state index contributed by atoms with van der Waals surface area (Å²) in [5.41, 5.74) is 1.25. The molecule has 144 valence electrons. The fourth-order valence-electron chi connectivity index (χ4n) is 3.07. The molecule has 6 nitrogen and oxygen atoms in total. The van der Waals surface area contributed by atoms with E-state index >= 15 is 0 Å². The van der Waals surface area contributed by atoms with Crippen LogP contribution < -0.4 is 10.1 Å². The van der Waals surface area contributed by atoms with E-state index in [2.05, 4.69) is 29.1 Å². The Morgan fingerprint density at radius 1 is 1.30 bits per heavy atom. The molecule has 1 aromatic heterocycles. The van der Waals surface area contributed by atoms with Crippen LogP contribution in [-0.2, 0) is 0 Å². The summed E-state index contributed by atoms with van der Waals surface area (Å²) in [6, 6.07) is 4.67. The Morgan fingerprint density at radius 2 is 2.07 bits per heavy atom. The number of hydrogen-bond acceptors (Lipinski definition) is 5. The topological polar surface area (TPSA) is 67.3 Å². The van der Waals surface area contributed by atoms with E-state index in [0.29, 0.717) is 24.3 Å². The normalized spacial score (nSPS) is 16.4. The molecule has 1 aliphatic heterocycles. The van der Waals surface area contributed by atoms with Crippen molar-refractivity contribution in [3.63, 3.8) is 0 Å². The molecular formula is C20H25FN4O2. The number of benzene rings is 1.